The van der Waals surface area contributed by atoms with Crippen LogP contribution in [0.25, 0.3) is 0 Å². The Morgan fingerprint density at radius 2 is 1.76 bits per heavy atom. The molecular weight excluding hydrogens is 276 g/mol. The number of halogens is 1. The summed E-state index contributed by atoms with van der Waals surface area (Å²) < 4.78 is 1.07. The number of aliphatic hydroxyl groups is 1. The summed E-state index contributed by atoms with van der Waals surface area (Å²) in [5.74, 6) is 0.450. The van der Waals surface area contributed by atoms with Crippen LogP contribution in [0.4, 0.5) is 0 Å². The maximum atomic E-state index is 10.5. The van der Waals surface area contributed by atoms with Crippen molar-refractivity contribution >= 4 is 15.9 Å². The lowest BCUT2D eigenvalue weighted by Crippen LogP contribution is -2.12. The van der Waals surface area contributed by atoms with E-state index in [2.05, 4.69) is 41.1 Å². The Balaban J connectivity index is 2.14. The Kier molecular flexibility index (Phi) is 4.63. The third-order valence-electron chi connectivity index (χ3n) is 3.75. The molecule has 0 radical (unpaired) electrons. The van der Waals surface area contributed by atoms with Crippen molar-refractivity contribution in [2.75, 3.05) is 0 Å². The zero-order valence-electron chi connectivity index (χ0n) is 10.5. The van der Waals surface area contributed by atoms with Crippen LogP contribution in [0, 0.1) is 12.8 Å². The van der Waals surface area contributed by atoms with Gasteiger partial charge in [0.25, 0.3) is 0 Å². The van der Waals surface area contributed by atoms with Gasteiger partial charge in [0.1, 0.15) is 0 Å². The van der Waals surface area contributed by atoms with E-state index in [1.807, 2.05) is 0 Å². The van der Waals surface area contributed by atoms with E-state index in [0.29, 0.717) is 5.92 Å². The molecular formula is C15H21BrO. The fourth-order valence-corrected chi connectivity index (χ4v) is 3.46. The molecule has 1 aromatic carbocycles. The van der Waals surface area contributed by atoms with Crippen LogP contribution < -0.4 is 0 Å². The topological polar surface area (TPSA) is 20.2 Å². The van der Waals surface area contributed by atoms with E-state index in [-0.39, 0.29) is 6.10 Å². The van der Waals surface area contributed by atoms with Gasteiger partial charge in [0.2, 0.25) is 0 Å². The predicted octanol–water partition coefficient (Wildman–Crippen LogP) is 4.76. The number of aryl methyl sites for hydroxylation is 1. The van der Waals surface area contributed by atoms with E-state index in [4.69, 9.17) is 0 Å². The molecule has 2 heteroatoms. The van der Waals surface area contributed by atoms with Gasteiger partial charge >= 0.3 is 0 Å². The Bertz CT molecular complexity index is 347. The molecule has 1 aromatic rings. The lowest BCUT2D eigenvalue weighted by Gasteiger charge is -2.22. The maximum Gasteiger partial charge on any atom is 0.0818 e. The minimum absolute atomic E-state index is 0.288. The van der Waals surface area contributed by atoms with Crippen molar-refractivity contribution in [2.24, 2.45) is 5.92 Å². The monoisotopic (exact) mass is 296 g/mol. The van der Waals surface area contributed by atoms with Crippen LogP contribution in [0.5, 0.6) is 0 Å². The van der Waals surface area contributed by atoms with E-state index in [0.717, 1.165) is 10.0 Å². The largest absolute Gasteiger partial charge is 0.388 e. The lowest BCUT2D eigenvalue weighted by molar-refractivity contribution is 0.0987. The molecule has 0 bridgehead atoms. The molecule has 1 unspecified atom stereocenters. The highest BCUT2D eigenvalue weighted by Gasteiger charge is 2.22. The summed E-state index contributed by atoms with van der Waals surface area (Å²) in [6, 6.07) is 6.26. The fraction of sp³-hybridized carbons (Fsp3) is 0.600. The molecule has 0 aliphatic heterocycles. The third kappa shape index (κ3) is 3.56. The highest BCUT2D eigenvalue weighted by atomic mass is 79.9. The molecule has 1 aliphatic rings. The summed E-state index contributed by atoms with van der Waals surface area (Å²) >= 11 is 3.51. The van der Waals surface area contributed by atoms with Gasteiger partial charge < -0.3 is 5.11 Å². The van der Waals surface area contributed by atoms with Crippen molar-refractivity contribution in [2.45, 2.75) is 51.6 Å². The van der Waals surface area contributed by atoms with Gasteiger partial charge in [0.05, 0.1) is 6.10 Å². The zero-order valence-corrected chi connectivity index (χ0v) is 12.0. The van der Waals surface area contributed by atoms with E-state index in [1.54, 1.807) is 0 Å². The molecule has 1 fully saturated rings. The van der Waals surface area contributed by atoms with E-state index >= 15 is 0 Å². The summed E-state index contributed by atoms with van der Waals surface area (Å²) in [6.45, 7) is 2.08. The first-order valence-corrected chi connectivity index (χ1v) is 7.41. The van der Waals surface area contributed by atoms with Gasteiger partial charge in [-0.05, 0) is 48.9 Å². The van der Waals surface area contributed by atoms with Crippen molar-refractivity contribution < 1.29 is 5.11 Å². The minimum atomic E-state index is -0.288. The number of hydrogen-bond donors (Lipinski definition) is 1. The van der Waals surface area contributed by atoms with Gasteiger partial charge in [0.15, 0.2) is 0 Å². The number of rotatable bonds is 2. The number of hydrogen-bond acceptors (Lipinski definition) is 1. The first-order chi connectivity index (χ1) is 8.16. The quantitative estimate of drug-likeness (QED) is 0.780. The number of benzene rings is 1. The molecule has 94 valence electrons. The van der Waals surface area contributed by atoms with Gasteiger partial charge in [-0.3, -0.25) is 0 Å². The molecule has 0 spiro atoms. The summed E-state index contributed by atoms with van der Waals surface area (Å²) in [4.78, 5) is 0. The van der Waals surface area contributed by atoms with E-state index in [9.17, 15) is 5.11 Å². The van der Waals surface area contributed by atoms with Gasteiger partial charge in [-0.15, -0.1) is 0 Å². The van der Waals surface area contributed by atoms with Crippen LogP contribution in [0.3, 0.4) is 0 Å². The number of aliphatic hydroxyl groups excluding tert-OH is 1. The standard InChI is InChI=1S/C15H21BrO/c1-11-8-13(10-14(16)9-11)15(17)12-6-4-2-3-5-7-12/h8-10,12,15,17H,2-7H2,1H3. The van der Waals surface area contributed by atoms with Gasteiger partial charge in [-0.1, -0.05) is 47.7 Å². The molecule has 1 atom stereocenters. The van der Waals surface area contributed by atoms with Crippen molar-refractivity contribution in [3.63, 3.8) is 0 Å². The molecule has 1 N–H and O–H groups in total. The second-order valence-electron chi connectivity index (χ2n) is 5.26. The molecule has 0 heterocycles. The first kappa shape index (κ1) is 13.1. The molecule has 17 heavy (non-hydrogen) atoms. The van der Waals surface area contributed by atoms with Crippen molar-refractivity contribution in [1.29, 1.82) is 0 Å². The second kappa shape index (κ2) is 6.01. The highest BCUT2D eigenvalue weighted by molar-refractivity contribution is 9.10. The van der Waals surface area contributed by atoms with Crippen LogP contribution >= 0.6 is 15.9 Å². The van der Waals surface area contributed by atoms with Crippen LogP contribution in [0.15, 0.2) is 22.7 Å². The van der Waals surface area contributed by atoms with Crippen LogP contribution in [0.2, 0.25) is 0 Å². The summed E-state index contributed by atoms with van der Waals surface area (Å²) in [5, 5.41) is 10.5. The van der Waals surface area contributed by atoms with Crippen LogP contribution in [0.1, 0.15) is 55.8 Å². The SMILES string of the molecule is Cc1cc(Br)cc(C(O)C2CCCCCC2)c1. The zero-order chi connectivity index (χ0) is 12.3. The molecule has 0 aromatic heterocycles. The summed E-state index contributed by atoms with van der Waals surface area (Å²) in [7, 11) is 0. The normalized spacial score (nSPS) is 19.9. The first-order valence-electron chi connectivity index (χ1n) is 6.62. The minimum Gasteiger partial charge on any atom is -0.388 e. The Morgan fingerprint density at radius 3 is 2.35 bits per heavy atom. The van der Waals surface area contributed by atoms with Crippen LogP contribution in [-0.2, 0) is 0 Å². The molecule has 0 amide bonds. The molecule has 1 saturated carbocycles. The Morgan fingerprint density at radius 1 is 1.12 bits per heavy atom. The van der Waals surface area contributed by atoms with E-state index < -0.39 is 0 Å². The molecule has 1 aliphatic carbocycles. The predicted molar refractivity (Wildman–Crippen MR) is 75.0 cm³/mol. The van der Waals surface area contributed by atoms with Gasteiger partial charge in [-0.2, -0.15) is 0 Å². The van der Waals surface area contributed by atoms with Gasteiger partial charge in [-0.25, -0.2) is 0 Å². The Labute approximate surface area is 112 Å². The van der Waals surface area contributed by atoms with Crippen molar-refractivity contribution in [3.05, 3.63) is 33.8 Å². The summed E-state index contributed by atoms with van der Waals surface area (Å²) in [6.07, 6.45) is 7.27. The maximum absolute atomic E-state index is 10.5. The van der Waals surface area contributed by atoms with Crippen molar-refractivity contribution in [3.8, 4) is 0 Å². The summed E-state index contributed by atoms with van der Waals surface area (Å²) in [5.41, 5.74) is 2.28. The van der Waals surface area contributed by atoms with Crippen LogP contribution in [-0.4, -0.2) is 5.11 Å². The molecule has 0 saturated heterocycles. The highest BCUT2D eigenvalue weighted by Crippen LogP contribution is 2.34. The third-order valence-corrected chi connectivity index (χ3v) is 4.21. The van der Waals surface area contributed by atoms with Gasteiger partial charge in [0, 0.05) is 4.47 Å². The molecule has 2 rings (SSSR count). The Hall–Kier alpha value is -0.340. The fourth-order valence-electron chi connectivity index (χ4n) is 2.83. The average molecular weight is 297 g/mol. The molecule has 1 nitrogen and oxygen atoms in total. The second-order valence-corrected chi connectivity index (χ2v) is 6.17. The van der Waals surface area contributed by atoms with Crippen molar-refractivity contribution in [1.82, 2.24) is 0 Å². The lowest BCUT2D eigenvalue weighted by atomic mass is 9.89. The smallest absolute Gasteiger partial charge is 0.0818 e. The average Bonchev–Trinajstić information content (AvgIpc) is 2.55. The van der Waals surface area contributed by atoms with E-state index in [1.165, 1.54) is 44.1 Å².